The molecule has 2 rings (SSSR count). The lowest BCUT2D eigenvalue weighted by molar-refractivity contribution is 0.706. The highest BCUT2D eigenvalue weighted by atomic mass is 32.2. The number of nitrogens with zero attached hydrogens (tertiary/aromatic N) is 3. The lowest BCUT2D eigenvalue weighted by atomic mass is 10.3. The summed E-state index contributed by atoms with van der Waals surface area (Å²) in [5.74, 6) is 1.69. The molecule has 0 unspecified atom stereocenters. The topological polar surface area (TPSA) is 56.7 Å². The van der Waals surface area contributed by atoms with E-state index in [0.717, 1.165) is 35.4 Å². The van der Waals surface area contributed by atoms with Crippen LogP contribution < -0.4 is 5.73 Å². The zero-order chi connectivity index (χ0) is 11.5. The van der Waals surface area contributed by atoms with Crippen LogP contribution in [-0.2, 0) is 6.54 Å². The predicted octanol–water partition coefficient (Wildman–Crippen LogP) is 2.08. The molecule has 0 aliphatic heterocycles. The molecule has 0 atom stereocenters. The van der Waals surface area contributed by atoms with E-state index in [1.165, 1.54) is 0 Å². The maximum Gasteiger partial charge on any atom is 0.202 e. The Balaban J connectivity index is 2.32. The Morgan fingerprint density at radius 2 is 2.31 bits per heavy atom. The van der Waals surface area contributed by atoms with E-state index in [1.54, 1.807) is 0 Å². The van der Waals surface area contributed by atoms with Gasteiger partial charge in [-0.2, -0.15) is 11.8 Å². The molecule has 16 heavy (non-hydrogen) atoms. The lowest BCUT2D eigenvalue weighted by Gasteiger charge is -2.04. The quantitative estimate of drug-likeness (QED) is 0.826. The molecule has 0 aliphatic rings. The molecule has 2 aromatic heterocycles. The second-order valence-electron chi connectivity index (χ2n) is 3.82. The molecule has 0 saturated carbocycles. The van der Waals surface area contributed by atoms with Gasteiger partial charge < -0.3 is 5.73 Å². The van der Waals surface area contributed by atoms with Crippen molar-refractivity contribution in [3.05, 3.63) is 17.8 Å². The highest BCUT2D eigenvalue weighted by Gasteiger charge is 2.08. The molecule has 0 amide bonds. The highest BCUT2D eigenvalue weighted by Crippen LogP contribution is 2.17. The number of aromatic nitrogens is 3. The summed E-state index contributed by atoms with van der Waals surface area (Å²) in [4.78, 5) is 8.72. The molecule has 2 heterocycles. The van der Waals surface area contributed by atoms with Crippen LogP contribution >= 0.6 is 11.8 Å². The maximum absolute atomic E-state index is 5.89. The fourth-order valence-corrected chi connectivity index (χ4v) is 2.13. The van der Waals surface area contributed by atoms with Crippen LogP contribution in [0.5, 0.6) is 0 Å². The average molecular weight is 236 g/mol. The summed E-state index contributed by atoms with van der Waals surface area (Å²) in [5.41, 5.74) is 8.79. The smallest absolute Gasteiger partial charge is 0.202 e. The first-order chi connectivity index (χ1) is 7.72. The number of hydrogen-bond donors (Lipinski definition) is 1. The van der Waals surface area contributed by atoms with Crippen molar-refractivity contribution in [2.24, 2.45) is 0 Å². The summed E-state index contributed by atoms with van der Waals surface area (Å²) in [6, 6.07) is 2.02. The van der Waals surface area contributed by atoms with Crippen LogP contribution in [0.15, 0.2) is 12.3 Å². The Morgan fingerprint density at radius 3 is 3.06 bits per heavy atom. The Hall–Kier alpha value is -1.23. The molecule has 4 nitrogen and oxygen atoms in total. The summed E-state index contributed by atoms with van der Waals surface area (Å²) >= 11 is 1.84. The van der Waals surface area contributed by atoms with Crippen molar-refractivity contribution in [1.82, 2.24) is 14.5 Å². The van der Waals surface area contributed by atoms with Crippen molar-refractivity contribution in [3.8, 4) is 0 Å². The predicted molar refractivity (Wildman–Crippen MR) is 69.7 cm³/mol. The normalized spacial score (nSPS) is 11.1. The van der Waals surface area contributed by atoms with Crippen LogP contribution in [0, 0.1) is 6.92 Å². The second kappa shape index (κ2) is 4.74. The molecule has 0 fully saturated rings. The SMILES string of the molecule is CSCCCn1c(N)nc2cc(C)cnc21. The van der Waals surface area contributed by atoms with Crippen LogP contribution in [0.3, 0.4) is 0 Å². The number of aryl methyl sites for hydroxylation is 2. The van der Waals surface area contributed by atoms with Gasteiger partial charge in [0, 0.05) is 12.7 Å². The summed E-state index contributed by atoms with van der Waals surface area (Å²) < 4.78 is 1.99. The number of anilines is 1. The van der Waals surface area contributed by atoms with Crippen molar-refractivity contribution in [2.45, 2.75) is 19.9 Å². The van der Waals surface area contributed by atoms with Gasteiger partial charge in [0.2, 0.25) is 5.95 Å². The molecule has 0 aliphatic carbocycles. The molecule has 0 bridgehead atoms. The van der Waals surface area contributed by atoms with Gasteiger partial charge in [-0.05, 0) is 37.0 Å². The molecule has 5 heteroatoms. The van der Waals surface area contributed by atoms with E-state index in [4.69, 9.17) is 5.73 Å². The first kappa shape index (κ1) is 11.3. The Labute approximate surface area is 99.3 Å². The minimum atomic E-state index is 0.564. The number of nitrogens with two attached hydrogens (primary N) is 1. The van der Waals surface area contributed by atoms with E-state index >= 15 is 0 Å². The minimum absolute atomic E-state index is 0.564. The first-order valence-corrected chi connectivity index (χ1v) is 6.69. The Kier molecular flexibility index (Phi) is 3.33. The average Bonchev–Trinajstić information content (AvgIpc) is 2.55. The third kappa shape index (κ3) is 2.14. The van der Waals surface area contributed by atoms with Gasteiger partial charge in [-0.1, -0.05) is 0 Å². The number of imidazole rings is 1. The van der Waals surface area contributed by atoms with Gasteiger partial charge in [0.25, 0.3) is 0 Å². The van der Waals surface area contributed by atoms with Crippen LogP contribution in [0.4, 0.5) is 5.95 Å². The molecule has 0 spiro atoms. The van der Waals surface area contributed by atoms with Crippen molar-refractivity contribution in [3.63, 3.8) is 0 Å². The molecular weight excluding hydrogens is 220 g/mol. The molecule has 2 N–H and O–H groups in total. The fraction of sp³-hybridized carbons (Fsp3) is 0.455. The Bertz CT molecular complexity index is 492. The zero-order valence-electron chi connectivity index (χ0n) is 9.60. The van der Waals surface area contributed by atoms with E-state index in [9.17, 15) is 0 Å². The number of thioether (sulfide) groups is 1. The zero-order valence-corrected chi connectivity index (χ0v) is 10.4. The van der Waals surface area contributed by atoms with E-state index in [2.05, 4.69) is 16.2 Å². The largest absolute Gasteiger partial charge is 0.369 e. The van der Waals surface area contributed by atoms with Gasteiger partial charge in [-0.3, -0.25) is 4.57 Å². The fourth-order valence-electron chi connectivity index (χ4n) is 1.72. The highest BCUT2D eigenvalue weighted by molar-refractivity contribution is 7.98. The Morgan fingerprint density at radius 1 is 1.50 bits per heavy atom. The molecule has 0 radical (unpaired) electrons. The molecule has 2 aromatic rings. The number of hydrogen-bond acceptors (Lipinski definition) is 4. The second-order valence-corrected chi connectivity index (χ2v) is 4.81. The van der Waals surface area contributed by atoms with Gasteiger partial charge in [-0.15, -0.1) is 0 Å². The minimum Gasteiger partial charge on any atom is -0.369 e. The van der Waals surface area contributed by atoms with Crippen molar-refractivity contribution < 1.29 is 0 Å². The van der Waals surface area contributed by atoms with Crippen LogP contribution in [0.2, 0.25) is 0 Å². The third-order valence-electron chi connectivity index (χ3n) is 2.48. The molecular formula is C11H16N4S. The summed E-state index contributed by atoms with van der Waals surface area (Å²) in [6.45, 7) is 2.90. The summed E-state index contributed by atoms with van der Waals surface area (Å²) in [6.07, 6.45) is 5.05. The van der Waals surface area contributed by atoms with E-state index in [-0.39, 0.29) is 0 Å². The first-order valence-electron chi connectivity index (χ1n) is 5.29. The van der Waals surface area contributed by atoms with E-state index in [1.807, 2.05) is 35.5 Å². The van der Waals surface area contributed by atoms with Crippen LogP contribution in [-0.4, -0.2) is 26.5 Å². The number of rotatable bonds is 4. The van der Waals surface area contributed by atoms with Crippen LogP contribution in [0.25, 0.3) is 11.2 Å². The number of pyridine rings is 1. The summed E-state index contributed by atoms with van der Waals surface area (Å²) in [7, 11) is 0. The van der Waals surface area contributed by atoms with E-state index < -0.39 is 0 Å². The van der Waals surface area contributed by atoms with Crippen molar-refractivity contribution >= 4 is 28.9 Å². The number of fused-ring (bicyclic) bond motifs is 1. The van der Waals surface area contributed by atoms with E-state index in [0.29, 0.717) is 5.95 Å². The van der Waals surface area contributed by atoms with Crippen molar-refractivity contribution in [1.29, 1.82) is 0 Å². The monoisotopic (exact) mass is 236 g/mol. The molecule has 0 aromatic carbocycles. The van der Waals surface area contributed by atoms with Gasteiger partial charge >= 0.3 is 0 Å². The van der Waals surface area contributed by atoms with Gasteiger partial charge in [0.1, 0.15) is 5.52 Å². The summed E-state index contributed by atoms with van der Waals surface area (Å²) in [5, 5.41) is 0. The van der Waals surface area contributed by atoms with Gasteiger partial charge in [-0.25, -0.2) is 9.97 Å². The molecule has 0 saturated heterocycles. The van der Waals surface area contributed by atoms with Gasteiger partial charge in [0.05, 0.1) is 0 Å². The lowest BCUT2D eigenvalue weighted by Crippen LogP contribution is -2.04. The maximum atomic E-state index is 5.89. The van der Waals surface area contributed by atoms with Crippen molar-refractivity contribution in [2.75, 3.05) is 17.7 Å². The third-order valence-corrected chi connectivity index (χ3v) is 3.18. The van der Waals surface area contributed by atoms with Gasteiger partial charge in [0.15, 0.2) is 5.65 Å². The number of nitrogen functional groups attached to an aromatic ring is 1. The standard InChI is InChI=1S/C11H16N4S/c1-8-6-9-10(13-7-8)15(11(12)14-9)4-3-5-16-2/h6-7H,3-5H2,1-2H3,(H2,12,14). The van der Waals surface area contributed by atoms with Crippen LogP contribution in [0.1, 0.15) is 12.0 Å². The molecule has 86 valence electrons.